The Morgan fingerprint density at radius 2 is 2.19 bits per heavy atom. The summed E-state index contributed by atoms with van der Waals surface area (Å²) in [5.41, 5.74) is 5.76. The van der Waals surface area contributed by atoms with E-state index in [4.69, 9.17) is 15.7 Å². The van der Waals surface area contributed by atoms with E-state index in [0.29, 0.717) is 0 Å². The minimum atomic E-state index is -0.950. The van der Waals surface area contributed by atoms with Gasteiger partial charge in [0.1, 0.15) is 17.9 Å². The lowest BCUT2D eigenvalue weighted by Crippen LogP contribution is -2.40. The summed E-state index contributed by atoms with van der Waals surface area (Å²) >= 11 is 0. The van der Waals surface area contributed by atoms with Crippen molar-refractivity contribution in [3.05, 3.63) is 24.3 Å². The van der Waals surface area contributed by atoms with Gasteiger partial charge in [0.2, 0.25) is 0 Å². The van der Waals surface area contributed by atoms with Crippen LogP contribution in [0.1, 0.15) is 6.92 Å². The number of ether oxygens (including phenoxy) is 1. The first-order chi connectivity index (χ1) is 7.44. The molecule has 2 N–H and O–H groups in total. The van der Waals surface area contributed by atoms with Gasteiger partial charge in [0.05, 0.1) is 6.07 Å². The summed E-state index contributed by atoms with van der Waals surface area (Å²) in [4.78, 5) is 1.98. The van der Waals surface area contributed by atoms with Crippen LogP contribution in [0.2, 0.25) is 0 Å². The summed E-state index contributed by atoms with van der Waals surface area (Å²) in [7, 11) is 3.92. The molecule has 0 aliphatic heterocycles. The largest absolute Gasteiger partial charge is 0.490 e. The summed E-state index contributed by atoms with van der Waals surface area (Å²) < 4.78 is 5.48. The van der Waals surface area contributed by atoms with Crippen LogP contribution in [0.25, 0.3) is 0 Å². The molecule has 4 heteroatoms. The Bertz CT molecular complexity index is 393. The highest BCUT2D eigenvalue weighted by molar-refractivity contribution is 5.49. The van der Waals surface area contributed by atoms with Gasteiger partial charge in [-0.25, -0.2) is 0 Å². The molecule has 1 aromatic carbocycles. The maximum Gasteiger partial charge on any atom is 0.135 e. The number of hydrogen-bond acceptors (Lipinski definition) is 4. The molecule has 0 aliphatic carbocycles. The van der Waals surface area contributed by atoms with Crippen molar-refractivity contribution in [3.8, 4) is 11.8 Å². The highest BCUT2D eigenvalue weighted by Crippen LogP contribution is 2.19. The molecule has 0 spiro atoms. The third-order valence-electron chi connectivity index (χ3n) is 2.13. The fourth-order valence-corrected chi connectivity index (χ4v) is 1.12. The van der Waals surface area contributed by atoms with Gasteiger partial charge in [0.15, 0.2) is 0 Å². The first-order valence-corrected chi connectivity index (χ1v) is 5.05. The van der Waals surface area contributed by atoms with Gasteiger partial charge in [-0.1, -0.05) is 6.07 Å². The van der Waals surface area contributed by atoms with Crippen molar-refractivity contribution in [2.75, 3.05) is 25.6 Å². The maximum absolute atomic E-state index is 8.75. The number of rotatable bonds is 4. The van der Waals surface area contributed by atoms with Crippen molar-refractivity contribution >= 4 is 5.69 Å². The smallest absolute Gasteiger partial charge is 0.135 e. The van der Waals surface area contributed by atoms with Gasteiger partial charge in [-0.15, -0.1) is 0 Å². The molecular weight excluding hydrogens is 202 g/mol. The molecule has 0 radical (unpaired) electrons. The number of hydrogen-bond donors (Lipinski definition) is 1. The molecule has 0 bridgehead atoms. The number of benzene rings is 1. The summed E-state index contributed by atoms with van der Waals surface area (Å²) in [6.07, 6.45) is 0. The minimum Gasteiger partial charge on any atom is -0.490 e. The quantitative estimate of drug-likeness (QED) is 0.830. The molecule has 4 nitrogen and oxygen atoms in total. The lowest BCUT2D eigenvalue weighted by molar-refractivity contribution is 0.265. The standard InChI is InChI=1S/C12H17N3O/c1-12(14,8-13)9-16-11-6-4-5-10(7-11)15(2)3/h4-7H,9,14H2,1-3H3. The number of anilines is 1. The van der Waals surface area contributed by atoms with Crippen molar-refractivity contribution in [2.24, 2.45) is 5.73 Å². The topological polar surface area (TPSA) is 62.3 Å². The van der Waals surface area contributed by atoms with Crippen molar-refractivity contribution in [2.45, 2.75) is 12.5 Å². The molecule has 0 aliphatic rings. The molecule has 86 valence electrons. The Labute approximate surface area is 96.2 Å². The predicted molar refractivity (Wildman–Crippen MR) is 64.5 cm³/mol. The van der Waals surface area contributed by atoms with Gasteiger partial charge in [0, 0.05) is 25.8 Å². The predicted octanol–water partition coefficient (Wildman–Crippen LogP) is 1.37. The lowest BCUT2D eigenvalue weighted by atomic mass is 10.1. The first-order valence-electron chi connectivity index (χ1n) is 5.05. The average Bonchev–Trinajstić information content (AvgIpc) is 2.27. The highest BCUT2D eigenvalue weighted by Gasteiger charge is 2.18. The van der Waals surface area contributed by atoms with E-state index in [1.165, 1.54) is 0 Å². The molecule has 0 amide bonds. The average molecular weight is 219 g/mol. The van der Waals surface area contributed by atoms with Crippen molar-refractivity contribution in [1.29, 1.82) is 5.26 Å². The third-order valence-corrected chi connectivity index (χ3v) is 2.13. The second-order valence-electron chi connectivity index (χ2n) is 4.21. The maximum atomic E-state index is 8.75. The minimum absolute atomic E-state index is 0.181. The highest BCUT2D eigenvalue weighted by atomic mass is 16.5. The SMILES string of the molecule is CN(C)c1cccc(OCC(C)(N)C#N)c1. The van der Waals surface area contributed by atoms with E-state index in [1.54, 1.807) is 6.92 Å². The fraction of sp³-hybridized carbons (Fsp3) is 0.417. The Morgan fingerprint density at radius 1 is 1.50 bits per heavy atom. The Balaban J connectivity index is 2.69. The van der Waals surface area contributed by atoms with Crippen LogP contribution in [0.15, 0.2) is 24.3 Å². The van der Waals surface area contributed by atoms with E-state index in [0.717, 1.165) is 11.4 Å². The zero-order chi connectivity index (χ0) is 12.2. The molecule has 1 aromatic rings. The second kappa shape index (κ2) is 4.86. The van der Waals surface area contributed by atoms with Crippen molar-refractivity contribution in [1.82, 2.24) is 0 Å². The molecule has 0 saturated carbocycles. The van der Waals surface area contributed by atoms with Crippen molar-refractivity contribution < 1.29 is 4.74 Å². The van der Waals surface area contributed by atoms with Gasteiger partial charge in [0.25, 0.3) is 0 Å². The van der Waals surface area contributed by atoms with Crippen molar-refractivity contribution in [3.63, 3.8) is 0 Å². The number of nitrogens with zero attached hydrogens (tertiary/aromatic N) is 2. The second-order valence-corrected chi connectivity index (χ2v) is 4.21. The summed E-state index contributed by atoms with van der Waals surface area (Å²) in [6, 6.07) is 9.64. The normalized spacial score (nSPS) is 13.7. The van der Waals surface area contributed by atoms with Crippen LogP contribution >= 0.6 is 0 Å². The zero-order valence-corrected chi connectivity index (χ0v) is 9.90. The zero-order valence-electron chi connectivity index (χ0n) is 9.90. The first kappa shape index (κ1) is 12.3. The number of nitrogens with two attached hydrogens (primary N) is 1. The summed E-state index contributed by atoms with van der Waals surface area (Å²) in [5.74, 6) is 0.720. The Morgan fingerprint density at radius 3 is 2.75 bits per heavy atom. The molecule has 0 saturated heterocycles. The molecule has 1 atom stereocenters. The van der Waals surface area contributed by atoms with Crippen LogP contribution in [-0.2, 0) is 0 Å². The van der Waals surface area contributed by atoms with Crippen LogP contribution < -0.4 is 15.4 Å². The van der Waals surface area contributed by atoms with E-state index in [-0.39, 0.29) is 6.61 Å². The molecule has 0 aromatic heterocycles. The van der Waals surface area contributed by atoms with Crippen LogP contribution in [0.5, 0.6) is 5.75 Å². The monoisotopic (exact) mass is 219 g/mol. The van der Waals surface area contributed by atoms with Crippen LogP contribution in [0.4, 0.5) is 5.69 Å². The molecule has 1 rings (SSSR count). The molecular formula is C12H17N3O. The van der Waals surface area contributed by atoms with E-state index < -0.39 is 5.54 Å². The molecule has 16 heavy (non-hydrogen) atoms. The van der Waals surface area contributed by atoms with Gasteiger partial charge in [-0.3, -0.25) is 0 Å². The van der Waals surface area contributed by atoms with Gasteiger partial charge >= 0.3 is 0 Å². The van der Waals surface area contributed by atoms with Gasteiger partial charge in [-0.2, -0.15) is 5.26 Å². The van der Waals surface area contributed by atoms with Crippen LogP contribution in [0.3, 0.4) is 0 Å². The van der Waals surface area contributed by atoms with E-state index in [1.807, 2.05) is 49.3 Å². The Hall–Kier alpha value is -1.73. The third kappa shape index (κ3) is 3.44. The fourth-order valence-electron chi connectivity index (χ4n) is 1.12. The molecule has 0 fully saturated rings. The van der Waals surface area contributed by atoms with E-state index >= 15 is 0 Å². The van der Waals surface area contributed by atoms with Crippen LogP contribution in [-0.4, -0.2) is 26.2 Å². The summed E-state index contributed by atoms with van der Waals surface area (Å²) in [5, 5.41) is 8.75. The molecule has 0 heterocycles. The van der Waals surface area contributed by atoms with Crippen LogP contribution in [0, 0.1) is 11.3 Å². The van der Waals surface area contributed by atoms with Gasteiger partial charge < -0.3 is 15.4 Å². The summed E-state index contributed by atoms with van der Waals surface area (Å²) in [6.45, 7) is 1.82. The van der Waals surface area contributed by atoms with E-state index in [9.17, 15) is 0 Å². The Kier molecular flexibility index (Phi) is 3.75. The lowest BCUT2D eigenvalue weighted by Gasteiger charge is -2.18. The number of nitriles is 1. The van der Waals surface area contributed by atoms with E-state index in [2.05, 4.69) is 0 Å². The molecule has 1 unspecified atom stereocenters. The van der Waals surface area contributed by atoms with Gasteiger partial charge in [-0.05, 0) is 19.1 Å².